The summed E-state index contributed by atoms with van der Waals surface area (Å²) in [5.74, 6) is -0.152. The van der Waals surface area contributed by atoms with E-state index in [0.29, 0.717) is 17.2 Å². The Morgan fingerprint density at radius 2 is 1.93 bits per heavy atom. The lowest BCUT2D eigenvalue weighted by Crippen LogP contribution is -2.14. The van der Waals surface area contributed by atoms with Crippen molar-refractivity contribution in [3.8, 4) is 0 Å². The molecule has 0 unspecified atom stereocenters. The highest BCUT2D eigenvalue weighted by atomic mass is 19.2. The van der Waals surface area contributed by atoms with E-state index in [2.05, 4.69) is 18.5 Å². The Morgan fingerprint density at radius 1 is 1.47 bits per heavy atom. The van der Waals surface area contributed by atoms with Crippen molar-refractivity contribution in [2.75, 3.05) is 7.05 Å². The van der Waals surface area contributed by atoms with E-state index in [9.17, 15) is 4.48 Å². The van der Waals surface area contributed by atoms with Gasteiger partial charge >= 0.3 is 0 Å². The van der Waals surface area contributed by atoms with E-state index in [0.717, 1.165) is 0 Å². The number of hydrogen-bond acceptors (Lipinski definition) is 3. The van der Waals surface area contributed by atoms with Crippen LogP contribution in [0.4, 0.5) is 4.48 Å². The monoisotopic (exact) mass is 216 g/mol. The van der Waals surface area contributed by atoms with E-state index in [4.69, 9.17) is 5.11 Å². The summed E-state index contributed by atoms with van der Waals surface area (Å²) in [6.07, 6.45) is 1.88. The van der Waals surface area contributed by atoms with E-state index in [1.165, 1.54) is 13.2 Å². The van der Waals surface area contributed by atoms with Gasteiger partial charge in [-0.15, -0.1) is 4.48 Å². The Kier molecular flexibility index (Phi) is 9.73. The average molecular weight is 216 g/mol. The molecule has 0 fully saturated rings. The van der Waals surface area contributed by atoms with Crippen LogP contribution in [0.2, 0.25) is 0 Å². The summed E-state index contributed by atoms with van der Waals surface area (Å²) >= 11 is 0. The highest BCUT2D eigenvalue weighted by Crippen LogP contribution is 2.04. The van der Waals surface area contributed by atoms with Crippen molar-refractivity contribution in [3.63, 3.8) is 0 Å². The molecule has 0 aliphatic rings. The number of aliphatic hydroxyl groups is 1. The number of aliphatic hydroxyl groups excluding tert-OH is 1. The van der Waals surface area contributed by atoms with Crippen molar-refractivity contribution < 1.29 is 9.59 Å². The van der Waals surface area contributed by atoms with E-state index in [-0.39, 0.29) is 11.5 Å². The second-order valence-electron chi connectivity index (χ2n) is 2.58. The van der Waals surface area contributed by atoms with Gasteiger partial charge in [-0.05, 0) is 6.42 Å². The Balaban J connectivity index is 0. The van der Waals surface area contributed by atoms with E-state index in [1.54, 1.807) is 0 Å². The molecule has 15 heavy (non-hydrogen) atoms. The van der Waals surface area contributed by atoms with Crippen molar-refractivity contribution in [2.45, 2.75) is 27.2 Å². The molecule has 0 amide bonds. The third kappa shape index (κ3) is 8.87. The lowest BCUT2D eigenvalue weighted by atomic mass is 10.3. The van der Waals surface area contributed by atoms with Gasteiger partial charge < -0.3 is 10.4 Å². The van der Waals surface area contributed by atoms with Gasteiger partial charge in [0, 0.05) is 12.7 Å². The van der Waals surface area contributed by atoms with Gasteiger partial charge in [-0.2, -0.15) is 0 Å². The van der Waals surface area contributed by atoms with Crippen LogP contribution in [-0.2, 0) is 0 Å². The summed E-state index contributed by atoms with van der Waals surface area (Å²) in [5.41, 5.74) is 0.889. The van der Waals surface area contributed by atoms with E-state index in [1.807, 2.05) is 20.8 Å². The van der Waals surface area contributed by atoms with E-state index < -0.39 is 0 Å². The van der Waals surface area contributed by atoms with Crippen LogP contribution >= 0.6 is 0 Å². The van der Waals surface area contributed by atoms with Crippen molar-refractivity contribution in [3.05, 3.63) is 36.5 Å². The molecule has 0 rings (SSSR count). The molecule has 0 bridgehead atoms. The molecule has 0 aromatic heterocycles. The summed E-state index contributed by atoms with van der Waals surface area (Å²) in [5, 5.41) is 12.1. The summed E-state index contributed by atoms with van der Waals surface area (Å²) in [6.45, 7) is 12.6. The molecule has 3 nitrogen and oxygen atoms in total. The van der Waals surface area contributed by atoms with Crippen LogP contribution in [0.25, 0.3) is 0 Å². The third-order valence-electron chi connectivity index (χ3n) is 1.37. The van der Waals surface area contributed by atoms with Crippen LogP contribution in [0.3, 0.4) is 0 Å². The standard InChI is InChI=1S/C9H15FN2O.C2H6/c1-5-9(6-12(4)10)11-7(2)8(3)13;1-2/h6,11,13H,2-3,5H2,1,4H3;1-2H3/b9-6-;. The van der Waals surface area contributed by atoms with Gasteiger partial charge in [0.25, 0.3) is 0 Å². The van der Waals surface area contributed by atoms with Gasteiger partial charge in [0.15, 0.2) is 0 Å². The second kappa shape index (κ2) is 9.12. The molecule has 0 spiro atoms. The minimum absolute atomic E-state index is 0.152. The molecule has 0 atom stereocenters. The van der Waals surface area contributed by atoms with Crippen molar-refractivity contribution >= 4 is 0 Å². The van der Waals surface area contributed by atoms with Gasteiger partial charge in [-0.3, -0.25) is 0 Å². The van der Waals surface area contributed by atoms with Crippen LogP contribution < -0.4 is 5.32 Å². The summed E-state index contributed by atoms with van der Waals surface area (Å²) in [7, 11) is 1.27. The smallest absolute Gasteiger partial charge is 0.131 e. The SMILES string of the molecule is C=C(O)C(=C)N/C(=C\N(C)F)CC.CC. The highest BCUT2D eigenvalue weighted by molar-refractivity contribution is 5.20. The zero-order chi connectivity index (χ0) is 12.4. The highest BCUT2D eigenvalue weighted by Gasteiger charge is 2.00. The first-order valence-corrected chi connectivity index (χ1v) is 4.90. The number of allylic oxidation sites excluding steroid dienone is 1. The van der Waals surface area contributed by atoms with Gasteiger partial charge in [0.05, 0.1) is 11.9 Å². The van der Waals surface area contributed by atoms with Gasteiger partial charge in [0.1, 0.15) is 5.76 Å². The first kappa shape index (κ1) is 16.0. The quantitative estimate of drug-likeness (QED) is 0.420. The van der Waals surface area contributed by atoms with E-state index >= 15 is 0 Å². The third-order valence-corrected chi connectivity index (χ3v) is 1.37. The molecule has 4 heteroatoms. The fourth-order valence-electron chi connectivity index (χ4n) is 0.693. The predicted octanol–water partition coefficient (Wildman–Crippen LogP) is 3.26. The molecule has 0 saturated heterocycles. The molecule has 0 aliphatic heterocycles. The number of halogens is 1. The van der Waals surface area contributed by atoms with Gasteiger partial charge in [0.2, 0.25) is 0 Å². The number of rotatable bonds is 5. The minimum atomic E-state index is -0.152. The first-order valence-electron chi connectivity index (χ1n) is 4.90. The van der Waals surface area contributed by atoms with Crippen molar-refractivity contribution in [1.29, 1.82) is 0 Å². The lowest BCUT2D eigenvalue weighted by molar-refractivity contribution is 0.126. The Labute approximate surface area is 91.5 Å². The Bertz CT molecular complexity index is 235. The maximum atomic E-state index is 12.4. The zero-order valence-electron chi connectivity index (χ0n) is 9.97. The lowest BCUT2D eigenvalue weighted by Gasteiger charge is -2.11. The van der Waals surface area contributed by atoms with Crippen LogP contribution in [0.5, 0.6) is 0 Å². The molecule has 0 radical (unpaired) electrons. The fourth-order valence-corrected chi connectivity index (χ4v) is 0.693. The van der Waals surface area contributed by atoms with Crippen LogP contribution in [-0.4, -0.2) is 17.3 Å². The predicted molar refractivity (Wildman–Crippen MR) is 62.6 cm³/mol. The maximum Gasteiger partial charge on any atom is 0.131 e. The molecular weight excluding hydrogens is 195 g/mol. The van der Waals surface area contributed by atoms with Crippen molar-refractivity contribution in [2.24, 2.45) is 0 Å². The fraction of sp³-hybridized carbons (Fsp3) is 0.455. The van der Waals surface area contributed by atoms with Crippen LogP contribution in [0.15, 0.2) is 36.5 Å². The molecule has 0 aromatic carbocycles. The normalized spacial score (nSPS) is 9.80. The summed E-state index contributed by atoms with van der Waals surface area (Å²) in [6, 6.07) is 0. The van der Waals surface area contributed by atoms with Crippen LogP contribution in [0.1, 0.15) is 27.2 Å². The molecule has 0 heterocycles. The molecule has 0 saturated carbocycles. The van der Waals surface area contributed by atoms with Gasteiger partial charge in [-0.25, -0.2) is 5.12 Å². The maximum absolute atomic E-state index is 12.4. The molecular formula is C11H21FN2O. The zero-order valence-corrected chi connectivity index (χ0v) is 9.97. The van der Waals surface area contributed by atoms with Crippen molar-refractivity contribution in [1.82, 2.24) is 10.4 Å². The number of hydrogen-bond donors (Lipinski definition) is 2. The second-order valence-corrected chi connectivity index (χ2v) is 2.58. The Morgan fingerprint density at radius 3 is 2.20 bits per heavy atom. The largest absolute Gasteiger partial charge is 0.506 e. The van der Waals surface area contributed by atoms with Crippen LogP contribution in [0, 0.1) is 0 Å². The van der Waals surface area contributed by atoms with Gasteiger partial charge in [-0.1, -0.05) is 33.9 Å². The average Bonchev–Trinajstić information content (AvgIpc) is 2.18. The summed E-state index contributed by atoms with van der Waals surface area (Å²) < 4.78 is 12.4. The first-order chi connectivity index (χ1) is 6.97. The number of nitrogens with zero attached hydrogens (tertiary/aromatic N) is 1. The molecule has 2 N–H and O–H groups in total. The Hall–Kier alpha value is -1.45. The molecule has 0 aromatic rings. The number of nitrogens with one attached hydrogen (secondary N) is 1. The molecule has 0 aliphatic carbocycles. The minimum Gasteiger partial charge on any atom is -0.506 e. The topological polar surface area (TPSA) is 35.5 Å². The molecule has 88 valence electrons. The summed E-state index contributed by atoms with van der Waals surface area (Å²) in [4.78, 5) is 0.